The molecule has 0 aliphatic carbocycles. The standard InChI is InChI=1S/C37H41F3N6O3/c1-22-8-7-9-30-33(22)44(18-25-10-12-26(13-11-25)28-20-45(21-28)35(48)23(2)17-42(4)5)19-27-15-32(47)46(34(27)36(49)43(30)6)31-16-29(37(38,39)40)14-24(3)41-31/h7-14,16,27-28,34H,2,15,17-21H2,1,3-6H3/t27-,34+/m1/s1. The molecule has 3 aliphatic heterocycles. The number of rotatable bonds is 7. The predicted molar refractivity (Wildman–Crippen MR) is 182 cm³/mol. The number of halogens is 3. The van der Waals surface area contributed by atoms with Crippen LogP contribution in [0.25, 0.3) is 0 Å². The monoisotopic (exact) mass is 674 g/mol. The van der Waals surface area contributed by atoms with E-state index in [2.05, 4.69) is 40.7 Å². The third-order valence-electron chi connectivity index (χ3n) is 9.68. The zero-order valence-electron chi connectivity index (χ0n) is 28.4. The normalized spacial score (nSPS) is 19.9. The molecule has 6 rings (SSSR count). The number of aryl methyl sites for hydroxylation is 2. The van der Waals surface area contributed by atoms with Gasteiger partial charge in [-0.15, -0.1) is 0 Å². The first-order valence-electron chi connectivity index (χ1n) is 16.3. The molecule has 49 heavy (non-hydrogen) atoms. The summed E-state index contributed by atoms with van der Waals surface area (Å²) in [6.07, 6.45) is -4.64. The van der Waals surface area contributed by atoms with Crippen molar-refractivity contribution in [2.45, 2.75) is 44.9 Å². The number of likely N-dealkylation sites (N-methyl/N-ethyl adjacent to an activating group) is 2. The summed E-state index contributed by atoms with van der Waals surface area (Å²) in [6.45, 7) is 9.97. The first-order valence-corrected chi connectivity index (χ1v) is 16.3. The number of pyridine rings is 1. The lowest BCUT2D eigenvalue weighted by Gasteiger charge is -2.40. The van der Waals surface area contributed by atoms with E-state index in [0.717, 1.165) is 34.5 Å². The van der Waals surface area contributed by atoms with Crippen molar-refractivity contribution < 1.29 is 27.6 Å². The number of para-hydroxylation sites is 1. The van der Waals surface area contributed by atoms with E-state index in [9.17, 15) is 27.6 Å². The van der Waals surface area contributed by atoms with E-state index in [-0.39, 0.29) is 35.7 Å². The minimum atomic E-state index is -4.63. The summed E-state index contributed by atoms with van der Waals surface area (Å²) < 4.78 is 41.3. The Morgan fingerprint density at radius 2 is 1.71 bits per heavy atom. The number of nitrogens with zero attached hydrogens (tertiary/aromatic N) is 6. The molecule has 2 saturated heterocycles. The Hall–Kier alpha value is -4.71. The summed E-state index contributed by atoms with van der Waals surface area (Å²) in [5.41, 5.74) is 4.40. The van der Waals surface area contributed by atoms with Crippen LogP contribution in [0, 0.1) is 19.8 Å². The number of anilines is 3. The van der Waals surface area contributed by atoms with Gasteiger partial charge in [0.15, 0.2) is 0 Å². The Balaban J connectivity index is 1.26. The summed E-state index contributed by atoms with van der Waals surface area (Å²) in [5, 5.41) is 0. The van der Waals surface area contributed by atoms with Gasteiger partial charge in [0.1, 0.15) is 11.9 Å². The number of carbonyl (C=O) groups excluding carboxylic acids is 3. The number of amides is 3. The second-order valence-corrected chi connectivity index (χ2v) is 13.7. The Labute approximate surface area is 284 Å². The van der Waals surface area contributed by atoms with Crippen LogP contribution in [0.5, 0.6) is 0 Å². The van der Waals surface area contributed by atoms with Crippen LogP contribution < -0.4 is 14.7 Å². The first-order chi connectivity index (χ1) is 23.1. The Morgan fingerprint density at radius 1 is 1.02 bits per heavy atom. The number of aromatic nitrogens is 1. The van der Waals surface area contributed by atoms with Crippen molar-refractivity contribution in [3.05, 3.63) is 94.7 Å². The second-order valence-electron chi connectivity index (χ2n) is 13.7. The van der Waals surface area contributed by atoms with Gasteiger partial charge in [-0.25, -0.2) is 4.98 Å². The van der Waals surface area contributed by atoms with Crippen LogP contribution in [0.3, 0.4) is 0 Å². The molecule has 0 unspecified atom stereocenters. The average molecular weight is 675 g/mol. The maximum atomic E-state index is 14.1. The van der Waals surface area contributed by atoms with Crippen LogP contribution >= 0.6 is 0 Å². The van der Waals surface area contributed by atoms with Gasteiger partial charge >= 0.3 is 6.18 Å². The van der Waals surface area contributed by atoms with Gasteiger partial charge in [-0.3, -0.25) is 19.3 Å². The van der Waals surface area contributed by atoms with Crippen molar-refractivity contribution >= 4 is 34.9 Å². The van der Waals surface area contributed by atoms with Crippen LogP contribution in [0.15, 0.2) is 66.7 Å². The molecule has 258 valence electrons. The maximum Gasteiger partial charge on any atom is 0.416 e. The van der Waals surface area contributed by atoms with Gasteiger partial charge in [0, 0.05) is 69.3 Å². The summed E-state index contributed by atoms with van der Waals surface area (Å²) in [7, 11) is 5.45. The highest BCUT2D eigenvalue weighted by atomic mass is 19.4. The zero-order valence-corrected chi connectivity index (χ0v) is 28.4. The third kappa shape index (κ3) is 6.66. The molecule has 9 nitrogen and oxygen atoms in total. The third-order valence-corrected chi connectivity index (χ3v) is 9.68. The van der Waals surface area contributed by atoms with Crippen LogP contribution in [-0.4, -0.2) is 85.9 Å². The van der Waals surface area contributed by atoms with Gasteiger partial charge in [0.05, 0.1) is 16.9 Å². The molecule has 2 atom stereocenters. The van der Waals surface area contributed by atoms with Gasteiger partial charge in [-0.1, -0.05) is 43.0 Å². The molecule has 2 aromatic carbocycles. The SMILES string of the molecule is C=C(CN(C)C)C(=O)N1CC(c2ccc(CN3C[C@H]4CC(=O)N(c5cc(C(F)(F)F)cc(C)n5)[C@@H]4C(=O)N(C)c4cccc(C)c43)cc2)C1. The minimum Gasteiger partial charge on any atom is -0.365 e. The van der Waals surface area contributed by atoms with Crippen molar-refractivity contribution in [3.63, 3.8) is 0 Å². The molecular weight excluding hydrogens is 633 g/mol. The lowest BCUT2D eigenvalue weighted by Crippen LogP contribution is -2.52. The fourth-order valence-electron chi connectivity index (χ4n) is 7.29. The van der Waals surface area contributed by atoms with Crippen molar-refractivity contribution in [3.8, 4) is 0 Å². The maximum absolute atomic E-state index is 14.1. The van der Waals surface area contributed by atoms with E-state index >= 15 is 0 Å². The minimum absolute atomic E-state index is 0.00423. The quantitative estimate of drug-likeness (QED) is 0.322. The molecule has 0 bridgehead atoms. The molecule has 0 radical (unpaired) electrons. The largest absolute Gasteiger partial charge is 0.416 e. The van der Waals surface area contributed by atoms with E-state index in [1.165, 1.54) is 16.7 Å². The van der Waals surface area contributed by atoms with Crippen molar-refractivity contribution in [2.75, 3.05) is 62.0 Å². The smallest absolute Gasteiger partial charge is 0.365 e. The fraction of sp³-hybridized carbons (Fsp3) is 0.405. The van der Waals surface area contributed by atoms with Crippen molar-refractivity contribution in [1.82, 2.24) is 14.8 Å². The van der Waals surface area contributed by atoms with E-state index in [0.29, 0.717) is 44.0 Å². The van der Waals surface area contributed by atoms with Gasteiger partial charge in [0.25, 0.3) is 5.91 Å². The number of carbonyl (C=O) groups is 3. The van der Waals surface area contributed by atoms with E-state index in [1.807, 2.05) is 49.0 Å². The van der Waals surface area contributed by atoms with E-state index in [4.69, 9.17) is 0 Å². The highest BCUT2D eigenvalue weighted by Crippen LogP contribution is 2.42. The van der Waals surface area contributed by atoms with Crippen LogP contribution in [0.2, 0.25) is 0 Å². The van der Waals surface area contributed by atoms with E-state index in [1.54, 1.807) is 7.05 Å². The molecule has 3 aromatic rings. The topological polar surface area (TPSA) is 80.3 Å². The molecule has 0 saturated carbocycles. The molecule has 12 heteroatoms. The summed E-state index contributed by atoms with van der Waals surface area (Å²) in [4.78, 5) is 53.3. The number of benzene rings is 2. The van der Waals surface area contributed by atoms with Gasteiger partial charge < -0.3 is 19.6 Å². The summed E-state index contributed by atoms with van der Waals surface area (Å²) in [6, 6.07) is 14.8. The first kappa shape index (κ1) is 34.2. The van der Waals surface area contributed by atoms with E-state index < -0.39 is 29.6 Å². The molecule has 0 N–H and O–H groups in total. The lowest BCUT2D eigenvalue weighted by atomic mass is 9.90. The van der Waals surface area contributed by atoms with Crippen molar-refractivity contribution in [1.29, 1.82) is 0 Å². The lowest BCUT2D eigenvalue weighted by molar-refractivity contribution is -0.137. The molecule has 2 fully saturated rings. The fourth-order valence-corrected chi connectivity index (χ4v) is 7.29. The van der Waals surface area contributed by atoms with Gasteiger partial charge in [-0.05, 0) is 62.8 Å². The molecule has 3 aliphatic rings. The Morgan fingerprint density at radius 3 is 2.37 bits per heavy atom. The van der Waals surface area contributed by atoms with Crippen LogP contribution in [-0.2, 0) is 27.1 Å². The number of hydrogen-bond acceptors (Lipinski definition) is 6. The Kier molecular flexibility index (Phi) is 9.04. The van der Waals surface area contributed by atoms with Crippen LogP contribution in [0.4, 0.5) is 30.4 Å². The number of fused-ring (bicyclic) bond motifs is 2. The van der Waals surface area contributed by atoms with Gasteiger partial charge in [0.2, 0.25) is 11.8 Å². The number of hydrogen-bond donors (Lipinski definition) is 0. The molecule has 3 amide bonds. The number of likely N-dealkylation sites (tertiary alicyclic amines) is 1. The summed E-state index contributed by atoms with van der Waals surface area (Å²) in [5.74, 6) is -1.25. The molecule has 1 aromatic heterocycles. The summed E-state index contributed by atoms with van der Waals surface area (Å²) >= 11 is 0. The highest BCUT2D eigenvalue weighted by Gasteiger charge is 2.49. The Bertz CT molecular complexity index is 1800. The number of alkyl halides is 3. The molecule has 0 spiro atoms. The van der Waals surface area contributed by atoms with Gasteiger partial charge in [-0.2, -0.15) is 13.2 Å². The molecular formula is C37H41F3N6O3. The highest BCUT2D eigenvalue weighted by molar-refractivity contribution is 6.10. The van der Waals surface area contributed by atoms with Crippen molar-refractivity contribution in [2.24, 2.45) is 5.92 Å². The molecule has 4 heterocycles. The van der Waals surface area contributed by atoms with Crippen LogP contribution in [0.1, 0.15) is 40.3 Å². The average Bonchev–Trinajstić information content (AvgIpc) is 3.33. The second kappa shape index (κ2) is 13.0. The predicted octanol–water partition coefficient (Wildman–Crippen LogP) is 5.17. The zero-order chi connectivity index (χ0) is 35.4.